The topological polar surface area (TPSA) is 54.9 Å². The average Bonchev–Trinajstić information content (AvgIpc) is 2.38. The Morgan fingerprint density at radius 3 is 2.32 bits per heavy atom. The second-order valence-corrected chi connectivity index (χ2v) is 6.26. The van der Waals surface area contributed by atoms with Crippen molar-refractivity contribution in [1.29, 1.82) is 0 Å². The fourth-order valence-corrected chi connectivity index (χ4v) is 1.73. The Kier molecular flexibility index (Phi) is 5.91. The van der Waals surface area contributed by atoms with Gasteiger partial charge in [-0.1, -0.05) is 40.5 Å². The zero-order valence-corrected chi connectivity index (χ0v) is 13.3. The van der Waals surface area contributed by atoms with Crippen molar-refractivity contribution in [2.45, 2.75) is 59.6 Å². The molecule has 1 aromatic rings. The van der Waals surface area contributed by atoms with Crippen molar-refractivity contribution >= 4 is 11.7 Å². The molecule has 0 saturated heterocycles. The van der Waals surface area contributed by atoms with E-state index in [1.165, 1.54) is 0 Å². The molecule has 1 amide bonds. The van der Waals surface area contributed by atoms with Crippen LogP contribution in [-0.2, 0) is 17.4 Å². The first-order valence-corrected chi connectivity index (χ1v) is 7.31. The third-order valence-corrected chi connectivity index (χ3v) is 3.13. The van der Waals surface area contributed by atoms with E-state index in [2.05, 4.69) is 15.5 Å². The number of rotatable bonds is 5. The van der Waals surface area contributed by atoms with Gasteiger partial charge in [-0.3, -0.25) is 4.79 Å². The smallest absolute Gasteiger partial charge is 0.309 e. The maximum absolute atomic E-state index is 12.7. The molecular weight excluding hydrogens is 295 g/mol. The lowest BCUT2D eigenvalue weighted by Gasteiger charge is -2.19. The number of carbonyl (C=O) groups excluding carboxylic acids is 1. The van der Waals surface area contributed by atoms with Crippen LogP contribution in [0, 0.1) is 5.41 Å². The van der Waals surface area contributed by atoms with Crippen molar-refractivity contribution < 1.29 is 18.0 Å². The van der Waals surface area contributed by atoms with E-state index >= 15 is 0 Å². The molecule has 0 aliphatic carbocycles. The minimum atomic E-state index is -4.54. The minimum absolute atomic E-state index is 0.115. The van der Waals surface area contributed by atoms with E-state index in [1.54, 1.807) is 20.8 Å². The van der Waals surface area contributed by atoms with E-state index in [0.29, 0.717) is 12.0 Å². The number of nitrogens with one attached hydrogen (secondary N) is 1. The Bertz CT molecular complexity index is 522. The maximum Gasteiger partial charge on any atom is 0.435 e. The monoisotopic (exact) mass is 317 g/mol. The standard InChI is InChI=1S/C15H22F3N3O/c1-5-6-7-8-10-9-11(15(16,17)18)20-21-12(10)19-13(22)14(2,3)4/h9H,5-8H2,1-4H3,(H,19,21,22). The molecule has 1 rings (SSSR count). The third kappa shape index (κ3) is 5.27. The first-order valence-electron chi connectivity index (χ1n) is 7.31. The summed E-state index contributed by atoms with van der Waals surface area (Å²) in [6.07, 6.45) is -1.53. The molecule has 1 heterocycles. The highest BCUT2D eigenvalue weighted by Gasteiger charge is 2.34. The fraction of sp³-hybridized carbons (Fsp3) is 0.667. The van der Waals surface area contributed by atoms with Gasteiger partial charge in [-0.05, 0) is 24.5 Å². The largest absolute Gasteiger partial charge is 0.435 e. The molecule has 0 aliphatic rings. The maximum atomic E-state index is 12.7. The van der Waals surface area contributed by atoms with Crippen LogP contribution in [0.3, 0.4) is 0 Å². The van der Waals surface area contributed by atoms with Gasteiger partial charge in [0.05, 0.1) is 0 Å². The number of hydrogen-bond donors (Lipinski definition) is 1. The Morgan fingerprint density at radius 2 is 1.82 bits per heavy atom. The van der Waals surface area contributed by atoms with Crippen molar-refractivity contribution in [3.05, 3.63) is 17.3 Å². The van der Waals surface area contributed by atoms with Gasteiger partial charge < -0.3 is 5.32 Å². The molecule has 1 aromatic heterocycles. The Balaban J connectivity index is 3.06. The van der Waals surface area contributed by atoms with Crippen LogP contribution in [0.1, 0.15) is 58.2 Å². The van der Waals surface area contributed by atoms with Gasteiger partial charge >= 0.3 is 6.18 Å². The molecule has 0 atom stereocenters. The lowest BCUT2D eigenvalue weighted by atomic mass is 9.95. The number of alkyl halides is 3. The number of unbranched alkanes of at least 4 members (excludes halogenated alkanes) is 2. The number of aromatic nitrogens is 2. The van der Waals surface area contributed by atoms with Crippen molar-refractivity contribution in [2.75, 3.05) is 5.32 Å². The van der Waals surface area contributed by atoms with Crippen molar-refractivity contribution in [1.82, 2.24) is 10.2 Å². The molecule has 0 aliphatic heterocycles. The molecule has 0 fully saturated rings. The summed E-state index contributed by atoms with van der Waals surface area (Å²) >= 11 is 0. The molecule has 0 saturated carbocycles. The Morgan fingerprint density at radius 1 is 1.18 bits per heavy atom. The second kappa shape index (κ2) is 7.07. The number of anilines is 1. The van der Waals surface area contributed by atoms with Crippen molar-refractivity contribution in [2.24, 2.45) is 5.41 Å². The molecule has 0 aromatic carbocycles. The molecule has 0 radical (unpaired) electrons. The van der Waals surface area contributed by atoms with Crippen LogP contribution in [0.2, 0.25) is 0 Å². The van der Waals surface area contributed by atoms with Gasteiger partial charge in [0.25, 0.3) is 0 Å². The van der Waals surface area contributed by atoms with Gasteiger partial charge in [0.1, 0.15) is 0 Å². The predicted molar refractivity (Wildman–Crippen MR) is 78.3 cm³/mol. The molecular formula is C15H22F3N3O. The SMILES string of the molecule is CCCCCc1cc(C(F)(F)F)nnc1NC(=O)C(C)(C)C. The number of aryl methyl sites for hydroxylation is 1. The normalized spacial score (nSPS) is 12.3. The van der Waals surface area contributed by atoms with Crippen molar-refractivity contribution in [3.8, 4) is 0 Å². The average molecular weight is 317 g/mol. The third-order valence-electron chi connectivity index (χ3n) is 3.13. The van der Waals surface area contributed by atoms with E-state index in [1.807, 2.05) is 6.92 Å². The zero-order chi connectivity index (χ0) is 17.0. The minimum Gasteiger partial charge on any atom is -0.309 e. The Hall–Kier alpha value is -1.66. The lowest BCUT2D eigenvalue weighted by Crippen LogP contribution is -2.29. The van der Waals surface area contributed by atoms with Crippen LogP contribution in [0.5, 0.6) is 0 Å². The summed E-state index contributed by atoms with van der Waals surface area (Å²) in [5.41, 5.74) is -1.33. The number of hydrogen-bond acceptors (Lipinski definition) is 3. The number of nitrogens with zero attached hydrogens (tertiary/aromatic N) is 2. The molecule has 124 valence electrons. The van der Waals surface area contributed by atoms with Crippen LogP contribution in [0.4, 0.5) is 19.0 Å². The van der Waals surface area contributed by atoms with E-state index in [9.17, 15) is 18.0 Å². The quantitative estimate of drug-likeness (QED) is 0.828. The molecule has 0 unspecified atom stereocenters. The van der Waals surface area contributed by atoms with Crippen LogP contribution in [0.15, 0.2) is 6.07 Å². The highest BCUT2D eigenvalue weighted by atomic mass is 19.4. The summed E-state index contributed by atoms with van der Waals surface area (Å²) in [5.74, 6) is -0.192. The highest BCUT2D eigenvalue weighted by Crippen LogP contribution is 2.30. The van der Waals surface area contributed by atoms with Crippen LogP contribution >= 0.6 is 0 Å². The summed E-state index contributed by atoms with van der Waals surface area (Å²) in [4.78, 5) is 12.0. The number of halogens is 3. The van der Waals surface area contributed by atoms with Crippen LogP contribution in [-0.4, -0.2) is 16.1 Å². The van der Waals surface area contributed by atoms with Gasteiger partial charge in [-0.15, -0.1) is 10.2 Å². The molecule has 0 bridgehead atoms. The fourth-order valence-electron chi connectivity index (χ4n) is 1.73. The molecule has 22 heavy (non-hydrogen) atoms. The summed E-state index contributed by atoms with van der Waals surface area (Å²) in [6, 6.07) is 0.973. The first kappa shape index (κ1) is 18.4. The van der Waals surface area contributed by atoms with Gasteiger partial charge in [0.15, 0.2) is 11.5 Å². The van der Waals surface area contributed by atoms with Gasteiger partial charge in [-0.25, -0.2) is 0 Å². The highest BCUT2D eigenvalue weighted by molar-refractivity contribution is 5.94. The van der Waals surface area contributed by atoms with Crippen LogP contribution < -0.4 is 5.32 Å². The number of carbonyl (C=O) groups is 1. The summed E-state index contributed by atoms with van der Waals surface area (Å²) in [6.45, 7) is 7.16. The Labute approximate surface area is 128 Å². The van der Waals surface area contributed by atoms with E-state index < -0.39 is 17.3 Å². The van der Waals surface area contributed by atoms with Gasteiger partial charge in [0, 0.05) is 5.41 Å². The number of amides is 1. The summed E-state index contributed by atoms with van der Waals surface area (Å²) in [5, 5.41) is 9.34. The molecule has 1 N–H and O–H groups in total. The summed E-state index contributed by atoms with van der Waals surface area (Å²) < 4.78 is 38.2. The first-order chi connectivity index (χ1) is 10.1. The lowest BCUT2D eigenvalue weighted by molar-refractivity contribution is -0.141. The molecule has 4 nitrogen and oxygen atoms in total. The van der Waals surface area contributed by atoms with Gasteiger partial charge in [0.2, 0.25) is 5.91 Å². The van der Waals surface area contributed by atoms with E-state index in [-0.39, 0.29) is 11.7 Å². The van der Waals surface area contributed by atoms with Crippen LogP contribution in [0.25, 0.3) is 0 Å². The molecule has 0 spiro atoms. The van der Waals surface area contributed by atoms with Gasteiger partial charge in [-0.2, -0.15) is 13.2 Å². The van der Waals surface area contributed by atoms with E-state index in [4.69, 9.17) is 0 Å². The second-order valence-electron chi connectivity index (χ2n) is 6.26. The van der Waals surface area contributed by atoms with E-state index in [0.717, 1.165) is 25.3 Å². The predicted octanol–water partition coefficient (Wildman–Crippen LogP) is 4.21. The molecule has 7 heteroatoms. The van der Waals surface area contributed by atoms with Crippen molar-refractivity contribution in [3.63, 3.8) is 0 Å². The zero-order valence-electron chi connectivity index (χ0n) is 13.3. The summed E-state index contributed by atoms with van der Waals surface area (Å²) in [7, 11) is 0.